The van der Waals surface area contributed by atoms with Crippen LogP contribution in [0.5, 0.6) is 0 Å². The molecule has 0 spiro atoms. The molecule has 0 aromatic heterocycles. The molecule has 0 radical (unpaired) electrons. The van der Waals surface area contributed by atoms with Gasteiger partial charge in [0.1, 0.15) is 0 Å². The van der Waals surface area contributed by atoms with E-state index in [0.29, 0.717) is 35.8 Å². The number of sulfonamides is 1. The van der Waals surface area contributed by atoms with Crippen LogP contribution in [0.2, 0.25) is 5.02 Å². The van der Waals surface area contributed by atoms with Gasteiger partial charge in [-0.1, -0.05) is 36.7 Å². The second-order valence-electron chi connectivity index (χ2n) is 8.48. The predicted octanol–water partition coefficient (Wildman–Crippen LogP) is 4.50. The molecule has 2 aromatic rings. The number of aryl methyl sites for hydroxylation is 2. The van der Waals surface area contributed by atoms with E-state index in [4.69, 9.17) is 11.6 Å². The number of carbonyl (C=O) groups excluding carboxylic acids is 1. The lowest BCUT2D eigenvalue weighted by atomic mass is 9.96. The van der Waals surface area contributed by atoms with E-state index in [-0.39, 0.29) is 17.9 Å². The summed E-state index contributed by atoms with van der Waals surface area (Å²) in [5, 5.41) is 3.80. The Bertz CT molecular complexity index is 1040. The van der Waals surface area contributed by atoms with Crippen molar-refractivity contribution in [3.63, 3.8) is 0 Å². The molecule has 0 saturated carbocycles. The lowest BCUT2D eigenvalue weighted by Gasteiger charge is -2.31. The highest BCUT2D eigenvalue weighted by molar-refractivity contribution is 7.89. The van der Waals surface area contributed by atoms with E-state index >= 15 is 0 Å². The van der Waals surface area contributed by atoms with Crippen LogP contribution in [0, 0.1) is 5.92 Å². The lowest BCUT2D eigenvalue weighted by molar-refractivity contribution is -0.126. The molecule has 31 heavy (non-hydrogen) atoms. The maximum atomic E-state index is 13.1. The normalized spacial score (nSPS) is 18.5. The number of carbonyl (C=O) groups is 1. The first-order valence-electron chi connectivity index (χ1n) is 11.1. The van der Waals surface area contributed by atoms with Crippen molar-refractivity contribution in [3.8, 4) is 0 Å². The maximum absolute atomic E-state index is 13.1. The van der Waals surface area contributed by atoms with Crippen LogP contribution in [-0.4, -0.2) is 31.7 Å². The fraction of sp³-hybridized carbons (Fsp3) is 0.458. The third kappa shape index (κ3) is 4.81. The zero-order chi connectivity index (χ0) is 22.0. The van der Waals surface area contributed by atoms with Crippen LogP contribution < -0.4 is 5.32 Å². The van der Waals surface area contributed by atoms with Gasteiger partial charge in [0.25, 0.3) is 0 Å². The molecule has 1 fully saturated rings. The Kier molecular flexibility index (Phi) is 6.70. The largest absolute Gasteiger partial charge is 0.349 e. The predicted molar refractivity (Wildman–Crippen MR) is 123 cm³/mol. The van der Waals surface area contributed by atoms with Gasteiger partial charge in [-0.05, 0) is 79.5 Å². The molecule has 1 aliphatic carbocycles. The summed E-state index contributed by atoms with van der Waals surface area (Å²) < 4.78 is 27.8. The second kappa shape index (κ2) is 9.31. The van der Waals surface area contributed by atoms with Gasteiger partial charge in [-0.15, -0.1) is 0 Å². The number of fused-ring (bicyclic) bond motifs is 1. The number of rotatable bonds is 6. The number of halogens is 1. The van der Waals surface area contributed by atoms with Crippen molar-refractivity contribution in [3.05, 3.63) is 64.2 Å². The van der Waals surface area contributed by atoms with Crippen LogP contribution >= 0.6 is 11.6 Å². The van der Waals surface area contributed by atoms with E-state index in [1.54, 1.807) is 6.07 Å². The summed E-state index contributed by atoms with van der Waals surface area (Å²) in [6.45, 7) is 2.77. The van der Waals surface area contributed by atoms with Gasteiger partial charge in [0.15, 0.2) is 0 Å². The van der Waals surface area contributed by atoms with Gasteiger partial charge in [0, 0.05) is 24.0 Å². The second-order valence-corrected chi connectivity index (χ2v) is 10.9. The van der Waals surface area contributed by atoms with Gasteiger partial charge >= 0.3 is 0 Å². The van der Waals surface area contributed by atoms with Crippen molar-refractivity contribution in [2.45, 2.75) is 56.4 Å². The van der Waals surface area contributed by atoms with E-state index < -0.39 is 10.0 Å². The number of amides is 1. The minimum absolute atomic E-state index is 0.00335. The molecule has 166 valence electrons. The fourth-order valence-electron chi connectivity index (χ4n) is 4.62. The summed E-state index contributed by atoms with van der Waals surface area (Å²) in [5.41, 5.74) is 3.44. The van der Waals surface area contributed by atoms with Crippen molar-refractivity contribution in [1.29, 1.82) is 0 Å². The van der Waals surface area contributed by atoms with Crippen molar-refractivity contribution in [1.82, 2.24) is 9.62 Å². The summed E-state index contributed by atoms with van der Waals surface area (Å²) in [4.78, 5) is 13.2. The summed E-state index contributed by atoms with van der Waals surface area (Å²) in [6, 6.07) is 13.0. The van der Waals surface area contributed by atoms with Gasteiger partial charge in [-0.2, -0.15) is 4.31 Å². The van der Waals surface area contributed by atoms with Gasteiger partial charge in [-0.3, -0.25) is 4.79 Å². The van der Waals surface area contributed by atoms with Crippen LogP contribution in [0.4, 0.5) is 0 Å². The van der Waals surface area contributed by atoms with Gasteiger partial charge in [0.2, 0.25) is 15.9 Å². The molecular formula is C24H29ClN2O3S. The molecule has 1 saturated heterocycles. The Balaban J connectivity index is 1.37. The van der Waals surface area contributed by atoms with Gasteiger partial charge in [-0.25, -0.2) is 8.42 Å². The molecule has 1 unspecified atom stereocenters. The van der Waals surface area contributed by atoms with Crippen LogP contribution in [0.15, 0.2) is 47.4 Å². The summed E-state index contributed by atoms with van der Waals surface area (Å²) in [5.74, 6) is -0.177. The molecule has 7 heteroatoms. The Morgan fingerprint density at radius 2 is 1.77 bits per heavy atom. The Morgan fingerprint density at radius 1 is 1.10 bits per heavy atom. The molecule has 1 aliphatic heterocycles. The molecular weight excluding hydrogens is 432 g/mol. The number of hydrogen-bond donors (Lipinski definition) is 1. The summed E-state index contributed by atoms with van der Waals surface area (Å²) >= 11 is 5.97. The average molecular weight is 461 g/mol. The number of piperidine rings is 1. The quantitative estimate of drug-likeness (QED) is 0.690. The first-order chi connectivity index (χ1) is 14.9. The maximum Gasteiger partial charge on any atom is 0.243 e. The molecule has 1 amide bonds. The van der Waals surface area contributed by atoms with Crippen LogP contribution in [0.1, 0.15) is 55.3 Å². The fourth-order valence-corrected chi connectivity index (χ4v) is 6.27. The molecule has 4 rings (SSSR count). The van der Waals surface area contributed by atoms with E-state index in [0.717, 1.165) is 36.8 Å². The Labute approximate surface area is 189 Å². The van der Waals surface area contributed by atoms with Crippen LogP contribution in [0.25, 0.3) is 0 Å². The topological polar surface area (TPSA) is 66.5 Å². The van der Waals surface area contributed by atoms with Crippen molar-refractivity contribution in [2.75, 3.05) is 13.1 Å². The molecule has 1 heterocycles. The van der Waals surface area contributed by atoms with Crippen molar-refractivity contribution in [2.24, 2.45) is 5.92 Å². The van der Waals surface area contributed by atoms with E-state index in [1.165, 1.54) is 9.87 Å². The SMILES string of the molecule is CCC(NC(=O)C1CCN(S(=O)(=O)c2ccc3c(c2)CCC3)CC1)c1ccc(Cl)cc1. The third-order valence-electron chi connectivity index (χ3n) is 6.53. The van der Waals surface area contributed by atoms with Crippen molar-refractivity contribution >= 4 is 27.5 Å². The molecule has 5 nitrogen and oxygen atoms in total. The smallest absolute Gasteiger partial charge is 0.243 e. The molecule has 0 bridgehead atoms. The first-order valence-corrected chi connectivity index (χ1v) is 12.9. The van der Waals surface area contributed by atoms with Crippen LogP contribution in [0.3, 0.4) is 0 Å². The van der Waals surface area contributed by atoms with Gasteiger partial charge < -0.3 is 5.32 Å². The average Bonchev–Trinajstić information content (AvgIpc) is 3.26. The minimum Gasteiger partial charge on any atom is -0.349 e. The highest BCUT2D eigenvalue weighted by Gasteiger charge is 2.33. The van der Waals surface area contributed by atoms with E-state index in [9.17, 15) is 13.2 Å². The third-order valence-corrected chi connectivity index (χ3v) is 8.68. The standard InChI is InChI=1S/C24H29ClN2O3S/c1-2-23(18-6-9-21(25)10-7-18)26-24(28)19-12-14-27(15-13-19)31(29,30)22-11-8-17-4-3-5-20(17)16-22/h6-11,16,19,23H,2-5,12-15H2,1H3,(H,26,28). The van der Waals surface area contributed by atoms with Crippen molar-refractivity contribution < 1.29 is 13.2 Å². The van der Waals surface area contributed by atoms with E-state index in [1.807, 2.05) is 43.3 Å². The van der Waals surface area contributed by atoms with E-state index in [2.05, 4.69) is 5.32 Å². The Hall–Kier alpha value is -1.89. The highest BCUT2D eigenvalue weighted by Crippen LogP contribution is 2.29. The number of nitrogens with one attached hydrogen (secondary N) is 1. The number of hydrogen-bond acceptors (Lipinski definition) is 3. The zero-order valence-electron chi connectivity index (χ0n) is 17.8. The molecule has 1 N–H and O–H groups in total. The summed E-state index contributed by atoms with van der Waals surface area (Å²) in [6.07, 6.45) is 4.92. The summed E-state index contributed by atoms with van der Waals surface area (Å²) in [7, 11) is -3.52. The van der Waals surface area contributed by atoms with Crippen LogP contribution in [-0.2, 0) is 27.7 Å². The number of nitrogens with zero attached hydrogens (tertiary/aromatic N) is 1. The molecule has 1 atom stereocenters. The molecule has 2 aliphatic rings. The highest BCUT2D eigenvalue weighted by atomic mass is 35.5. The Morgan fingerprint density at radius 3 is 2.45 bits per heavy atom. The zero-order valence-corrected chi connectivity index (χ0v) is 19.4. The lowest BCUT2D eigenvalue weighted by Crippen LogP contribution is -2.43. The molecule has 2 aromatic carbocycles. The monoisotopic (exact) mass is 460 g/mol. The number of benzene rings is 2. The minimum atomic E-state index is -3.52. The first kappa shape index (κ1) is 22.3. The van der Waals surface area contributed by atoms with Gasteiger partial charge in [0.05, 0.1) is 10.9 Å².